The van der Waals surface area contributed by atoms with E-state index in [4.69, 9.17) is 26.8 Å². The van der Waals surface area contributed by atoms with Crippen LogP contribution in [0.2, 0.25) is 0 Å². The molecule has 1 rings (SSSR count). The maximum absolute atomic E-state index is 10.8. The number of carboxylic acids is 1. The summed E-state index contributed by atoms with van der Waals surface area (Å²) in [4.78, 5) is 10.8. The number of unbranched alkanes of at least 4 members (excludes halogenated alkanes) is 7. The van der Waals surface area contributed by atoms with Crippen molar-refractivity contribution in [2.75, 3.05) is 19.0 Å². The summed E-state index contributed by atoms with van der Waals surface area (Å²) in [5.41, 5.74) is 0.285. The van der Waals surface area contributed by atoms with Crippen LogP contribution in [-0.2, 0) is 4.74 Å². The molecule has 0 atom stereocenters. The predicted molar refractivity (Wildman–Crippen MR) is 113 cm³/mol. The summed E-state index contributed by atoms with van der Waals surface area (Å²) >= 11 is 6.72. The zero-order valence-corrected chi connectivity index (χ0v) is 17.2. The molecule has 0 saturated heterocycles. The molecular formula is C20H30O4S2. The van der Waals surface area contributed by atoms with Crippen LogP contribution in [0.1, 0.15) is 68.6 Å². The molecule has 1 aromatic rings. The molecule has 0 aliphatic rings. The molecule has 0 spiro atoms. The molecule has 0 radical (unpaired) electrons. The van der Waals surface area contributed by atoms with E-state index in [9.17, 15) is 4.79 Å². The molecule has 0 amide bonds. The molecule has 0 unspecified atom stereocenters. The molecule has 1 aromatic carbocycles. The highest BCUT2D eigenvalue weighted by Gasteiger charge is 2.02. The van der Waals surface area contributed by atoms with Crippen LogP contribution in [0.5, 0.6) is 5.75 Å². The summed E-state index contributed by atoms with van der Waals surface area (Å²) < 4.78 is 11.5. The fraction of sp³-hybridized carbons (Fsp3) is 0.600. The molecule has 6 heteroatoms. The van der Waals surface area contributed by atoms with Gasteiger partial charge in [0, 0.05) is 5.75 Å². The number of hydrogen-bond acceptors (Lipinski definition) is 5. The minimum Gasteiger partial charge on any atom is -0.494 e. The maximum Gasteiger partial charge on any atom is 0.335 e. The van der Waals surface area contributed by atoms with Crippen LogP contribution in [0.25, 0.3) is 0 Å². The van der Waals surface area contributed by atoms with Crippen molar-refractivity contribution in [1.82, 2.24) is 0 Å². The van der Waals surface area contributed by atoms with E-state index < -0.39 is 5.97 Å². The van der Waals surface area contributed by atoms with Crippen molar-refractivity contribution in [1.29, 1.82) is 0 Å². The van der Waals surface area contributed by atoms with Gasteiger partial charge in [-0.15, -0.1) is 0 Å². The second-order valence-corrected chi connectivity index (χ2v) is 7.73. The number of thioether (sulfide) groups is 1. The van der Waals surface area contributed by atoms with Crippen molar-refractivity contribution in [3.05, 3.63) is 29.8 Å². The standard InChI is InChI=1S/C20H30O4S2/c1-2-23-20(25)26-16-10-8-6-4-3-5-7-9-15-24-18-13-11-17(12-14-18)19(21)22/h11-14H,2-10,15-16H2,1H3,(H,21,22). The smallest absolute Gasteiger partial charge is 0.335 e. The molecule has 4 nitrogen and oxygen atoms in total. The van der Waals surface area contributed by atoms with Gasteiger partial charge in [-0.3, -0.25) is 0 Å². The molecule has 26 heavy (non-hydrogen) atoms. The van der Waals surface area contributed by atoms with Crippen molar-refractivity contribution in [3.63, 3.8) is 0 Å². The molecule has 1 N–H and O–H groups in total. The van der Waals surface area contributed by atoms with Crippen molar-refractivity contribution in [2.45, 2.75) is 58.3 Å². The number of hydrogen-bond donors (Lipinski definition) is 1. The molecule has 0 heterocycles. The van der Waals surface area contributed by atoms with Gasteiger partial charge in [0.1, 0.15) is 5.75 Å². The average Bonchev–Trinajstić information content (AvgIpc) is 2.63. The van der Waals surface area contributed by atoms with Crippen LogP contribution in [0.3, 0.4) is 0 Å². The number of carbonyl (C=O) groups is 1. The van der Waals surface area contributed by atoms with Gasteiger partial charge in [0.05, 0.1) is 18.8 Å². The van der Waals surface area contributed by atoms with E-state index in [2.05, 4.69) is 0 Å². The van der Waals surface area contributed by atoms with Crippen LogP contribution in [0.4, 0.5) is 0 Å². The first-order valence-electron chi connectivity index (χ1n) is 9.39. The lowest BCUT2D eigenvalue weighted by atomic mass is 10.1. The first kappa shape index (κ1) is 22.8. The summed E-state index contributed by atoms with van der Waals surface area (Å²) in [7, 11) is 0. The van der Waals surface area contributed by atoms with Crippen molar-refractivity contribution < 1.29 is 19.4 Å². The number of aromatic carboxylic acids is 1. The Bertz CT molecular complexity index is 517. The highest BCUT2D eigenvalue weighted by molar-refractivity contribution is 8.22. The number of thiocarbonyl (C=S) groups is 1. The topological polar surface area (TPSA) is 55.8 Å². The summed E-state index contributed by atoms with van der Waals surface area (Å²) in [6.07, 6.45) is 9.76. The molecule has 0 saturated carbocycles. The van der Waals surface area contributed by atoms with Gasteiger partial charge in [0.15, 0.2) is 0 Å². The normalized spacial score (nSPS) is 10.5. The first-order chi connectivity index (χ1) is 12.6. The second-order valence-electron chi connectivity index (χ2n) is 6.04. The van der Waals surface area contributed by atoms with Gasteiger partial charge in [0.2, 0.25) is 4.38 Å². The van der Waals surface area contributed by atoms with Gasteiger partial charge in [0.25, 0.3) is 0 Å². The molecular weight excluding hydrogens is 368 g/mol. The molecule has 0 aliphatic heterocycles. The summed E-state index contributed by atoms with van der Waals surface area (Å²) in [5.74, 6) is 0.879. The largest absolute Gasteiger partial charge is 0.494 e. The molecule has 0 fully saturated rings. The van der Waals surface area contributed by atoms with Crippen LogP contribution in [-0.4, -0.2) is 34.4 Å². The van der Waals surface area contributed by atoms with E-state index in [1.54, 1.807) is 36.0 Å². The molecule has 146 valence electrons. The van der Waals surface area contributed by atoms with Gasteiger partial charge >= 0.3 is 5.97 Å². The first-order valence-corrected chi connectivity index (χ1v) is 10.8. The van der Waals surface area contributed by atoms with E-state index >= 15 is 0 Å². The lowest BCUT2D eigenvalue weighted by Crippen LogP contribution is -1.99. The Hall–Kier alpha value is -1.27. The average molecular weight is 399 g/mol. The lowest BCUT2D eigenvalue weighted by molar-refractivity contribution is 0.0697. The predicted octanol–water partition coefficient (Wildman–Crippen LogP) is 5.94. The van der Waals surface area contributed by atoms with Gasteiger partial charge in [-0.2, -0.15) is 0 Å². The molecule has 0 aliphatic carbocycles. The van der Waals surface area contributed by atoms with E-state index in [1.165, 1.54) is 44.9 Å². The Morgan fingerprint density at radius 1 is 1.00 bits per heavy atom. The van der Waals surface area contributed by atoms with Gasteiger partial charge in [-0.1, -0.05) is 50.3 Å². The molecule has 0 bridgehead atoms. The number of rotatable bonds is 14. The summed E-state index contributed by atoms with van der Waals surface area (Å²) in [6.45, 7) is 3.30. The Labute approximate surface area is 166 Å². The molecule has 0 aromatic heterocycles. The maximum atomic E-state index is 10.8. The van der Waals surface area contributed by atoms with E-state index in [1.807, 2.05) is 6.92 Å². The Balaban J connectivity index is 1.87. The highest BCUT2D eigenvalue weighted by Crippen LogP contribution is 2.15. The monoisotopic (exact) mass is 398 g/mol. The third-order valence-electron chi connectivity index (χ3n) is 3.89. The Morgan fingerprint density at radius 2 is 1.58 bits per heavy atom. The van der Waals surface area contributed by atoms with Crippen molar-refractivity contribution in [3.8, 4) is 5.75 Å². The quantitative estimate of drug-likeness (QED) is 0.309. The number of carboxylic acid groups (broad SMARTS) is 1. The van der Waals surface area contributed by atoms with Gasteiger partial charge in [-0.05, 0) is 56.2 Å². The van der Waals surface area contributed by atoms with E-state index in [0.717, 1.165) is 17.9 Å². The van der Waals surface area contributed by atoms with Crippen molar-refractivity contribution >= 4 is 34.3 Å². The third-order valence-corrected chi connectivity index (χ3v) is 5.21. The number of ether oxygens (including phenoxy) is 2. The third kappa shape index (κ3) is 11.4. The van der Waals surface area contributed by atoms with Crippen LogP contribution in [0.15, 0.2) is 24.3 Å². The zero-order valence-electron chi connectivity index (χ0n) is 15.6. The fourth-order valence-corrected chi connectivity index (χ4v) is 3.55. The van der Waals surface area contributed by atoms with E-state index in [0.29, 0.717) is 17.6 Å². The lowest BCUT2D eigenvalue weighted by Gasteiger charge is -2.06. The minimum absolute atomic E-state index is 0.285. The van der Waals surface area contributed by atoms with Crippen LogP contribution < -0.4 is 4.74 Å². The Kier molecular flexibility index (Phi) is 13.0. The van der Waals surface area contributed by atoms with E-state index in [-0.39, 0.29) is 5.56 Å². The van der Waals surface area contributed by atoms with Crippen LogP contribution in [0, 0.1) is 0 Å². The minimum atomic E-state index is -0.913. The second kappa shape index (κ2) is 14.9. The SMILES string of the molecule is CCOC(=S)SCCCCCCCCCCOc1ccc(C(=O)O)cc1. The Morgan fingerprint density at radius 3 is 2.15 bits per heavy atom. The van der Waals surface area contributed by atoms with Crippen molar-refractivity contribution in [2.24, 2.45) is 0 Å². The summed E-state index contributed by atoms with van der Waals surface area (Å²) in [5, 5.41) is 8.84. The summed E-state index contributed by atoms with van der Waals surface area (Å²) in [6, 6.07) is 6.56. The van der Waals surface area contributed by atoms with Crippen LogP contribution >= 0.6 is 24.0 Å². The van der Waals surface area contributed by atoms with Gasteiger partial charge in [-0.25, -0.2) is 4.79 Å². The van der Waals surface area contributed by atoms with Gasteiger partial charge < -0.3 is 14.6 Å². The number of benzene rings is 1. The zero-order chi connectivity index (χ0) is 19.0. The highest BCUT2D eigenvalue weighted by atomic mass is 32.2. The fourth-order valence-electron chi connectivity index (χ4n) is 2.46.